The summed E-state index contributed by atoms with van der Waals surface area (Å²) in [6.07, 6.45) is 4.79. The van der Waals surface area contributed by atoms with Gasteiger partial charge in [-0.25, -0.2) is 14.6 Å². The number of rotatable bonds is 5. The lowest BCUT2D eigenvalue weighted by molar-refractivity contribution is -0.133. The van der Waals surface area contributed by atoms with Gasteiger partial charge in [-0.05, 0) is 18.6 Å². The van der Waals surface area contributed by atoms with Crippen molar-refractivity contribution in [1.82, 2.24) is 14.9 Å². The Morgan fingerprint density at radius 2 is 1.93 bits per heavy atom. The van der Waals surface area contributed by atoms with E-state index in [9.17, 15) is 19.8 Å². The predicted octanol–water partition coefficient (Wildman–Crippen LogP) is 3.27. The van der Waals surface area contributed by atoms with Gasteiger partial charge in [0.25, 0.3) is 0 Å². The number of hydrogen-bond donors (Lipinski definition) is 3. The molecule has 3 N–H and O–H groups in total. The number of carboxylic acid groups (broad SMARTS) is 2. The van der Waals surface area contributed by atoms with Gasteiger partial charge < -0.3 is 20.1 Å². The molecule has 0 radical (unpaired) electrons. The summed E-state index contributed by atoms with van der Waals surface area (Å²) < 4.78 is 1.68. The van der Waals surface area contributed by atoms with E-state index in [4.69, 9.17) is 23.2 Å². The molecule has 1 unspecified atom stereocenters. The molecule has 1 aliphatic heterocycles. The molecule has 3 rings (SSSR count). The largest absolute Gasteiger partial charge is 0.478 e. The van der Waals surface area contributed by atoms with Crippen molar-refractivity contribution in [3.05, 3.63) is 75.1 Å². The van der Waals surface area contributed by atoms with Crippen LogP contribution in [0.25, 0.3) is 0 Å². The van der Waals surface area contributed by atoms with Crippen molar-refractivity contribution in [1.29, 1.82) is 0 Å². The third kappa shape index (κ3) is 3.56. The highest BCUT2D eigenvalue weighted by atomic mass is 35.5. The predicted molar refractivity (Wildman–Crippen MR) is 99.6 cm³/mol. The summed E-state index contributed by atoms with van der Waals surface area (Å²) in [6, 6.07) is 4.75. The summed E-state index contributed by atoms with van der Waals surface area (Å²) in [7, 11) is 0. The van der Waals surface area contributed by atoms with Crippen molar-refractivity contribution in [3.8, 4) is 0 Å². The Morgan fingerprint density at radius 3 is 2.52 bits per heavy atom. The summed E-state index contributed by atoms with van der Waals surface area (Å²) in [5.74, 6) is -3.56. The smallest absolute Gasteiger partial charge is 0.334 e. The summed E-state index contributed by atoms with van der Waals surface area (Å²) in [4.78, 5) is 28.0. The van der Waals surface area contributed by atoms with Crippen LogP contribution in [0.2, 0.25) is 10.0 Å². The molecule has 0 amide bonds. The van der Waals surface area contributed by atoms with Gasteiger partial charge in [0.15, 0.2) is 0 Å². The van der Waals surface area contributed by atoms with E-state index in [1.165, 1.54) is 0 Å². The van der Waals surface area contributed by atoms with Crippen molar-refractivity contribution >= 4 is 35.1 Å². The molecule has 27 heavy (non-hydrogen) atoms. The fourth-order valence-corrected chi connectivity index (χ4v) is 3.59. The molecule has 0 saturated carbocycles. The maximum Gasteiger partial charge on any atom is 0.334 e. The first kappa shape index (κ1) is 19.0. The molecular formula is C18H15Cl2N3O4. The van der Waals surface area contributed by atoms with Crippen molar-refractivity contribution in [2.24, 2.45) is 0 Å². The standard InChI is InChI=1S/C18H15Cl2N3O4/c1-9-13(17(24)25)14(10-3-2-4-11(19)16(10)20)15(18(26)27)12(22-9)7-23-6-5-21-8-23/h2-6,8,14,22H,7H2,1H3,(H,24,25)(H,26,27). The molecule has 0 spiro atoms. The minimum absolute atomic E-state index is 0.0917. The zero-order valence-electron chi connectivity index (χ0n) is 14.1. The number of nitrogens with zero attached hydrogens (tertiary/aromatic N) is 2. The van der Waals surface area contributed by atoms with Crippen LogP contribution < -0.4 is 5.32 Å². The fourth-order valence-electron chi connectivity index (χ4n) is 3.17. The van der Waals surface area contributed by atoms with Crippen LogP contribution in [0.15, 0.2) is 59.5 Å². The minimum Gasteiger partial charge on any atom is -0.478 e. The van der Waals surface area contributed by atoms with E-state index in [0.717, 1.165) is 0 Å². The van der Waals surface area contributed by atoms with Gasteiger partial charge in [0.1, 0.15) is 0 Å². The SMILES string of the molecule is CC1=C(C(=O)O)C(c2cccc(Cl)c2Cl)C(C(=O)O)=C(Cn2ccnc2)N1. The van der Waals surface area contributed by atoms with Gasteiger partial charge in [-0.1, -0.05) is 35.3 Å². The van der Waals surface area contributed by atoms with E-state index >= 15 is 0 Å². The minimum atomic E-state index is -1.25. The molecule has 9 heteroatoms. The van der Waals surface area contributed by atoms with Crippen LogP contribution >= 0.6 is 23.2 Å². The number of dihydropyridines is 1. The van der Waals surface area contributed by atoms with Gasteiger partial charge in [0, 0.05) is 23.8 Å². The molecule has 140 valence electrons. The number of aromatic nitrogens is 2. The Hall–Kier alpha value is -2.77. The molecule has 1 aliphatic rings. The number of carbonyl (C=O) groups is 2. The van der Waals surface area contributed by atoms with E-state index in [0.29, 0.717) is 17.0 Å². The molecule has 2 heterocycles. The summed E-state index contributed by atoms with van der Waals surface area (Å²) in [5, 5.41) is 22.9. The first-order valence-electron chi connectivity index (χ1n) is 7.88. The highest BCUT2D eigenvalue weighted by Crippen LogP contribution is 2.43. The number of halogens is 2. The van der Waals surface area contributed by atoms with Crippen molar-refractivity contribution in [2.45, 2.75) is 19.4 Å². The van der Waals surface area contributed by atoms with Crippen molar-refractivity contribution in [3.63, 3.8) is 0 Å². The highest BCUT2D eigenvalue weighted by molar-refractivity contribution is 6.42. The lowest BCUT2D eigenvalue weighted by atomic mass is 9.80. The van der Waals surface area contributed by atoms with E-state index < -0.39 is 17.9 Å². The van der Waals surface area contributed by atoms with Gasteiger partial charge in [-0.15, -0.1) is 0 Å². The van der Waals surface area contributed by atoms with Gasteiger partial charge in [-0.3, -0.25) is 0 Å². The lowest BCUT2D eigenvalue weighted by Crippen LogP contribution is -2.33. The van der Waals surface area contributed by atoms with Gasteiger partial charge in [0.05, 0.1) is 40.0 Å². The monoisotopic (exact) mass is 407 g/mol. The summed E-state index contributed by atoms with van der Waals surface area (Å²) >= 11 is 12.4. The van der Waals surface area contributed by atoms with E-state index in [2.05, 4.69) is 10.3 Å². The zero-order chi connectivity index (χ0) is 19.7. The third-order valence-electron chi connectivity index (χ3n) is 4.30. The number of nitrogens with one attached hydrogen (secondary N) is 1. The van der Waals surface area contributed by atoms with Crippen molar-refractivity contribution in [2.75, 3.05) is 0 Å². The Labute approximate surface area is 164 Å². The third-order valence-corrected chi connectivity index (χ3v) is 5.13. The zero-order valence-corrected chi connectivity index (χ0v) is 15.6. The first-order chi connectivity index (χ1) is 12.8. The quantitative estimate of drug-likeness (QED) is 0.702. The molecular weight excluding hydrogens is 393 g/mol. The Morgan fingerprint density at radius 1 is 1.22 bits per heavy atom. The topological polar surface area (TPSA) is 104 Å². The van der Waals surface area contributed by atoms with Crippen LogP contribution in [0.1, 0.15) is 18.4 Å². The number of imidazole rings is 1. The van der Waals surface area contributed by atoms with Crippen LogP contribution in [0, 0.1) is 0 Å². The van der Waals surface area contributed by atoms with Crippen LogP contribution in [-0.2, 0) is 16.1 Å². The molecule has 2 aromatic rings. The van der Waals surface area contributed by atoms with Crippen LogP contribution in [0.4, 0.5) is 0 Å². The lowest BCUT2D eigenvalue weighted by Gasteiger charge is -2.30. The van der Waals surface area contributed by atoms with E-state index in [1.807, 2.05) is 0 Å². The van der Waals surface area contributed by atoms with Crippen LogP contribution in [0.5, 0.6) is 0 Å². The molecule has 0 saturated heterocycles. The number of aliphatic carboxylic acids is 2. The average Bonchev–Trinajstić information content (AvgIpc) is 3.09. The van der Waals surface area contributed by atoms with Gasteiger partial charge in [0.2, 0.25) is 0 Å². The number of allylic oxidation sites excluding steroid dienone is 2. The maximum atomic E-state index is 12.1. The molecule has 7 nitrogen and oxygen atoms in total. The molecule has 1 atom stereocenters. The first-order valence-corrected chi connectivity index (χ1v) is 8.64. The molecule has 0 bridgehead atoms. The van der Waals surface area contributed by atoms with Crippen molar-refractivity contribution < 1.29 is 19.8 Å². The molecule has 1 aromatic heterocycles. The normalized spacial score (nSPS) is 17.1. The number of benzene rings is 1. The average molecular weight is 408 g/mol. The Bertz CT molecular complexity index is 980. The fraction of sp³-hybridized carbons (Fsp3) is 0.167. The Kier molecular flexibility index (Phi) is 5.25. The van der Waals surface area contributed by atoms with Gasteiger partial charge in [-0.2, -0.15) is 0 Å². The van der Waals surface area contributed by atoms with Crippen LogP contribution in [0.3, 0.4) is 0 Å². The van der Waals surface area contributed by atoms with E-state index in [1.54, 1.807) is 48.4 Å². The molecule has 0 fully saturated rings. The maximum absolute atomic E-state index is 12.1. The Balaban J connectivity index is 2.25. The summed E-state index contributed by atoms with van der Waals surface area (Å²) in [5.41, 5.74) is 0.817. The number of hydrogen-bond acceptors (Lipinski definition) is 4. The highest BCUT2D eigenvalue weighted by Gasteiger charge is 2.38. The second-order valence-corrected chi connectivity index (χ2v) is 6.76. The summed E-state index contributed by atoms with van der Waals surface area (Å²) in [6.45, 7) is 1.77. The number of carboxylic acids is 2. The van der Waals surface area contributed by atoms with E-state index in [-0.39, 0.29) is 27.7 Å². The second kappa shape index (κ2) is 7.46. The second-order valence-electron chi connectivity index (χ2n) is 5.98. The van der Waals surface area contributed by atoms with Crippen LogP contribution in [-0.4, -0.2) is 31.7 Å². The molecule has 1 aromatic carbocycles. The molecule has 0 aliphatic carbocycles. The van der Waals surface area contributed by atoms with Gasteiger partial charge >= 0.3 is 11.9 Å².